The van der Waals surface area contributed by atoms with Gasteiger partial charge in [0.05, 0.1) is 7.11 Å². The number of fused-ring (bicyclic) bond motifs is 1. The van der Waals surface area contributed by atoms with E-state index in [4.69, 9.17) is 4.74 Å². The number of methoxy groups -OCH3 is 1. The summed E-state index contributed by atoms with van der Waals surface area (Å²) in [5, 5.41) is 0. The first-order valence-electron chi connectivity index (χ1n) is 6.72. The molecule has 0 unspecified atom stereocenters. The number of para-hydroxylation sites is 1. The summed E-state index contributed by atoms with van der Waals surface area (Å²) < 4.78 is 5.50. The van der Waals surface area contributed by atoms with Crippen LogP contribution < -0.4 is 4.74 Å². The highest BCUT2D eigenvalue weighted by Crippen LogP contribution is 2.35. The average Bonchev–Trinajstić information content (AvgIpc) is 2.46. The van der Waals surface area contributed by atoms with Crippen LogP contribution in [0.15, 0.2) is 42.5 Å². The fraction of sp³-hybridized carbons (Fsp3) is 0.294. The lowest BCUT2D eigenvalue weighted by Crippen LogP contribution is -2.26. The predicted octanol–water partition coefficient (Wildman–Crippen LogP) is 3.35. The second kappa shape index (κ2) is 5.06. The number of rotatable bonds is 2. The van der Waals surface area contributed by atoms with Crippen molar-refractivity contribution in [2.24, 2.45) is 0 Å². The summed E-state index contributed by atoms with van der Waals surface area (Å²) in [4.78, 5) is 2.38. The zero-order valence-electron chi connectivity index (χ0n) is 11.5. The monoisotopic (exact) mass is 253 g/mol. The standard InChI is InChI=1S/C17H19NO/c1-18-11-10-13-6-5-8-14(16(13)12-18)15-7-3-4-9-17(15)19-2/h3-9H,10-12H2,1-2H3. The van der Waals surface area contributed by atoms with E-state index >= 15 is 0 Å². The van der Waals surface area contributed by atoms with Gasteiger partial charge in [-0.05, 0) is 36.2 Å². The molecule has 0 saturated heterocycles. The first-order valence-corrected chi connectivity index (χ1v) is 6.72. The molecule has 2 aromatic rings. The second-order valence-electron chi connectivity index (χ2n) is 5.13. The fourth-order valence-electron chi connectivity index (χ4n) is 2.84. The van der Waals surface area contributed by atoms with Gasteiger partial charge in [0.25, 0.3) is 0 Å². The number of likely N-dealkylation sites (N-methyl/N-ethyl adjacent to an activating group) is 1. The molecule has 1 aliphatic heterocycles. The molecule has 0 aliphatic carbocycles. The van der Waals surface area contributed by atoms with Gasteiger partial charge in [0.2, 0.25) is 0 Å². The maximum Gasteiger partial charge on any atom is 0.126 e. The van der Waals surface area contributed by atoms with Crippen LogP contribution in [0.25, 0.3) is 11.1 Å². The number of ether oxygens (including phenoxy) is 1. The van der Waals surface area contributed by atoms with Crippen LogP contribution in [-0.2, 0) is 13.0 Å². The molecule has 3 rings (SSSR count). The minimum Gasteiger partial charge on any atom is -0.496 e. The SMILES string of the molecule is COc1ccccc1-c1cccc2c1CN(C)CC2. The van der Waals surface area contributed by atoms with Crippen molar-refractivity contribution in [3.63, 3.8) is 0 Å². The molecule has 0 saturated carbocycles. The summed E-state index contributed by atoms with van der Waals surface area (Å²) in [6, 6.07) is 14.9. The van der Waals surface area contributed by atoms with E-state index in [2.05, 4.69) is 42.3 Å². The summed E-state index contributed by atoms with van der Waals surface area (Å²) in [5.74, 6) is 0.948. The average molecular weight is 253 g/mol. The zero-order chi connectivity index (χ0) is 13.2. The van der Waals surface area contributed by atoms with Crippen LogP contribution in [0.5, 0.6) is 5.75 Å². The minimum atomic E-state index is 0.948. The third kappa shape index (κ3) is 2.24. The quantitative estimate of drug-likeness (QED) is 0.814. The van der Waals surface area contributed by atoms with Crippen molar-refractivity contribution in [1.29, 1.82) is 0 Å². The molecule has 1 heterocycles. The zero-order valence-corrected chi connectivity index (χ0v) is 11.5. The van der Waals surface area contributed by atoms with E-state index in [9.17, 15) is 0 Å². The van der Waals surface area contributed by atoms with E-state index in [0.29, 0.717) is 0 Å². The van der Waals surface area contributed by atoms with Gasteiger partial charge in [-0.1, -0.05) is 36.4 Å². The van der Waals surface area contributed by atoms with Crippen LogP contribution in [0, 0.1) is 0 Å². The van der Waals surface area contributed by atoms with Crippen molar-refractivity contribution in [2.75, 3.05) is 20.7 Å². The number of benzene rings is 2. The maximum atomic E-state index is 5.50. The highest BCUT2D eigenvalue weighted by Gasteiger charge is 2.18. The topological polar surface area (TPSA) is 12.5 Å². The maximum absolute atomic E-state index is 5.50. The fourth-order valence-corrected chi connectivity index (χ4v) is 2.84. The van der Waals surface area contributed by atoms with Crippen LogP contribution in [-0.4, -0.2) is 25.6 Å². The summed E-state index contributed by atoms with van der Waals surface area (Å²) in [7, 11) is 3.92. The molecule has 2 nitrogen and oxygen atoms in total. The van der Waals surface area contributed by atoms with Gasteiger partial charge in [-0.3, -0.25) is 0 Å². The molecule has 2 heteroatoms. The predicted molar refractivity (Wildman–Crippen MR) is 78.5 cm³/mol. The summed E-state index contributed by atoms with van der Waals surface area (Å²) in [6.07, 6.45) is 1.13. The Morgan fingerprint density at radius 3 is 2.63 bits per heavy atom. The van der Waals surface area contributed by atoms with Crippen molar-refractivity contribution < 1.29 is 4.74 Å². The molecular weight excluding hydrogens is 234 g/mol. The Bertz CT molecular complexity index is 592. The molecule has 0 atom stereocenters. The lowest BCUT2D eigenvalue weighted by atomic mass is 9.91. The number of nitrogens with zero attached hydrogens (tertiary/aromatic N) is 1. The van der Waals surface area contributed by atoms with Crippen LogP contribution in [0.1, 0.15) is 11.1 Å². The van der Waals surface area contributed by atoms with E-state index in [1.54, 1.807) is 7.11 Å². The Morgan fingerprint density at radius 1 is 1.00 bits per heavy atom. The molecule has 0 amide bonds. The lowest BCUT2D eigenvalue weighted by Gasteiger charge is -2.27. The Balaban J connectivity index is 2.15. The van der Waals surface area contributed by atoms with Crippen molar-refractivity contribution in [1.82, 2.24) is 4.90 Å². The molecule has 0 bridgehead atoms. The van der Waals surface area contributed by atoms with Gasteiger partial charge in [-0.15, -0.1) is 0 Å². The van der Waals surface area contributed by atoms with Crippen molar-refractivity contribution >= 4 is 0 Å². The molecule has 0 aromatic heterocycles. The molecule has 0 fully saturated rings. The molecular formula is C17H19NO. The molecule has 19 heavy (non-hydrogen) atoms. The third-order valence-electron chi connectivity index (χ3n) is 3.86. The second-order valence-corrected chi connectivity index (χ2v) is 5.13. The number of hydrogen-bond acceptors (Lipinski definition) is 2. The van der Waals surface area contributed by atoms with Gasteiger partial charge < -0.3 is 9.64 Å². The Kier molecular flexibility index (Phi) is 3.26. The van der Waals surface area contributed by atoms with Crippen molar-refractivity contribution in [3.05, 3.63) is 53.6 Å². The van der Waals surface area contributed by atoms with Crippen LogP contribution in [0.4, 0.5) is 0 Å². The first-order chi connectivity index (χ1) is 9.29. The summed E-state index contributed by atoms with van der Waals surface area (Å²) in [5.41, 5.74) is 5.42. The van der Waals surface area contributed by atoms with E-state index in [0.717, 1.165) is 25.3 Å². The van der Waals surface area contributed by atoms with Crippen LogP contribution in [0.2, 0.25) is 0 Å². The summed E-state index contributed by atoms with van der Waals surface area (Å²) in [6.45, 7) is 2.16. The summed E-state index contributed by atoms with van der Waals surface area (Å²) >= 11 is 0. The molecule has 0 spiro atoms. The molecule has 0 N–H and O–H groups in total. The van der Waals surface area contributed by atoms with Gasteiger partial charge in [0.15, 0.2) is 0 Å². The Labute approximate surface area is 114 Å². The largest absolute Gasteiger partial charge is 0.496 e. The van der Waals surface area contributed by atoms with Crippen molar-refractivity contribution in [3.8, 4) is 16.9 Å². The van der Waals surface area contributed by atoms with Crippen LogP contribution >= 0.6 is 0 Å². The molecule has 1 aliphatic rings. The first kappa shape index (κ1) is 12.2. The third-order valence-corrected chi connectivity index (χ3v) is 3.86. The van der Waals surface area contributed by atoms with Gasteiger partial charge in [0, 0.05) is 18.7 Å². The van der Waals surface area contributed by atoms with Gasteiger partial charge in [-0.2, -0.15) is 0 Å². The molecule has 2 aromatic carbocycles. The van der Waals surface area contributed by atoms with E-state index < -0.39 is 0 Å². The highest BCUT2D eigenvalue weighted by molar-refractivity contribution is 5.74. The molecule has 98 valence electrons. The lowest BCUT2D eigenvalue weighted by molar-refractivity contribution is 0.313. The van der Waals surface area contributed by atoms with Gasteiger partial charge in [-0.25, -0.2) is 0 Å². The Morgan fingerprint density at radius 2 is 1.79 bits per heavy atom. The van der Waals surface area contributed by atoms with E-state index in [1.807, 2.05) is 12.1 Å². The molecule has 0 radical (unpaired) electrons. The Hall–Kier alpha value is -1.80. The number of hydrogen-bond donors (Lipinski definition) is 0. The van der Waals surface area contributed by atoms with E-state index in [-0.39, 0.29) is 0 Å². The van der Waals surface area contributed by atoms with Crippen LogP contribution in [0.3, 0.4) is 0 Å². The van der Waals surface area contributed by atoms with Gasteiger partial charge >= 0.3 is 0 Å². The van der Waals surface area contributed by atoms with Gasteiger partial charge in [0.1, 0.15) is 5.75 Å². The smallest absolute Gasteiger partial charge is 0.126 e. The van der Waals surface area contributed by atoms with Crippen molar-refractivity contribution in [2.45, 2.75) is 13.0 Å². The minimum absolute atomic E-state index is 0.948. The normalized spacial score (nSPS) is 15.1. The highest BCUT2D eigenvalue weighted by atomic mass is 16.5. The van der Waals surface area contributed by atoms with E-state index in [1.165, 1.54) is 22.3 Å².